The minimum atomic E-state index is -0.760. The maximum Gasteiger partial charge on any atom is 0.247 e. The monoisotopic (exact) mass is 481 g/mol. The van der Waals surface area contributed by atoms with Crippen LogP contribution in [0.5, 0.6) is 5.75 Å². The molecule has 3 aromatic rings. The number of aromatic nitrogens is 1. The third kappa shape index (κ3) is 5.55. The Labute approximate surface area is 205 Å². The number of aromatic amines is 1. The van der Waals surface area contributed by atoms with Crippen LogP contribution in [-0.4, -0.2) is 47.3 Å². The number of rotatable bonds is 9. The lowest BCUT2D eigenvalue weighted by Crippen LogP contribution is -2.48. The van der Waals surface area contributed by atoms with Crippen molar-refractivity contribution in [2.45, 2.75) is 50.6 Å². The molecule has 1 atom stereocenters. The molecule has 0 unspecified atom stereocenters. The molecule has 34 heavy (non-hydrogen) atoms. The summed E-state index contributed by atoms with van der Waals surface area (Å²) in [6, 6.07) is 14.8. The Bertz CT molecular complexity index is 1110. The summed E-state index contributed by atoms with van der Waals surface area (Å²) in [7, 11) is 1.60. The van der Waals surface area contributed by atoms with Gasteiger partial charge in [-0.25, -0.2) is 0 Å². The Hall–Kier alpha value is -2.99. The van der Waals surface area contributed by atoms with Gasteiger partial charge in [0.2, 0.25) is 11.8 Å². The molecule has 0 saturated heterocycles. The second-order valence-electron chi connectivity index (χ2n) is 8.85. The van der Waals surface area contributed by atoms with Gasteiger partial charge < -0.3 is 19.9 Å². The van der Waals surface area contributed by atoms with Gasteiger partial charge in [-0.1, -0.05) is 49.6 Å². The highest BCUT2D eigenvalue weighted by molar-refractivity contribution is 6.27. The molecule has 1 fully saturated rings. The second kappa shape index (κ2) is 11.4. The lowest BCUT2D eigenvalue weighted by molar-refractivity contribution is -0.139. The number of hydrogen-bond donors (Lipinski definition) is 2. The van der Waals surface area contributed by atoms with Gasteiger partial charge in [0.25, 0.3) is 0 Å². The summed E-state index contributed by atoms with van der Waals surface area (Å²) in [4.78, 5) is 31.6. The summed E-state index contributed by atoms with van der Waals surface area (Å²) in [5.74, 6) is 0.0943. The van der Waals surface area contributed by atoms with Crippen LogP contribution in [0.15, 0.2) is 54.7 Å². The molecule has 1 saturated carbocycles. The Kier molecular flexibility index (Phi) is 8.12. The molecule has 1 aliphatic rings. The van der Waals surface area contributed by atoms with Crippen LogP contribution in [-0.2, 0) is 16.0 Å². The number of methoxy groups -OCH3 is 1. The lowest BCUT2D eigenvalue weighted by Gasteiger charge is -2.33. The molecule has 7 heteroatoms. The molecule has 4 rings (SSSR count). The van der Waals surface area contributed by atoms with Crippen LogP contribution in [0, 0.1) is 0 Å². The number of alkyl halides is 1. The van der Waals surface area contributed by atoms with E-state index in [1.165, 1.54) is 6.42 Å². The van der Waals surface area contributed by atoms with Crippen molar-refractivity contribution in [1.29, 1.82) is 0 Å². The number of carbonyl (C=O) groups excluding carboxylic acids is 2. The SMILES string of the molecule is COc1ccc([C@H](C(=O)NC2CCCCC2)N(CCc2c[nH]c3ccccc23)C(=O)CCl)cc1. The van der Waals surface area contributed by atoms with Crippen molar-refractivity contribution in [3.63, 3.8) is 0 Å². The van der Waals surface area contributed by atoms with Gasteiger partial charge in [0.05, 0.1) is 7.11 Å². The number of benzene rings is 2. The summed E-state index contributed by atoms with van der Waals surface area (Å²) >= 11 is 6.03. The lowest BCUT2D eigenvalue weighted by atomic mass is 9.94. The molecule has 0 radical (unpaired) electrons. The molecule has 1 aromatic heterocycles. The van der Waals surface area contributed by atoms with E-state index in [1.54, 1.807) is 12.0 Å². The second-order valence-corrected chi connectivity index (χ2v) is 9.12. The van der Waals surface area contributed by atoms with Gasteiger partial charge in [-0.05, 0) is 48.6 Å². The Morgan fingerprint density at radius 1 is 1.12 bits per heavy atom. The van der Waals surface area contributed by atoms with Gasteiger partial charge in [-0.15, -0.1) is 11.6 Å². The van der Waals surface area contributed by atoms with Gasteiger partial charge in [-0.2, -0.15) is 0 Å². The molecule has 1 heterocycles. The minimum Gasteiger partial charge on any atom is -0.497 e. The topological polar surface area (TPSA) is 74.4 Å². The van der Waals surface area contributed by atoms with E-state index in [9.17, 15) is 9.59 Å². The van der Waals surface area contributed by atoms with E-state index in [0.717, 1.165) is 47.7 Å². The summed E-state index contributed by atoms with van der Waals surface area (Å²) in [5, 5.41) is 4.33. The Morgan fingerprint density at radius 2 is 1.85 bits per heavy atom. The van der Waals surface area contributed by atoms with Crippen LogP contribution >= 0.6 is 11.6 Å². The summed E-state index contributed by atoms with van der Waals surface area (Å²) in [6.07, 6.45) is 7.95. The number of carbonyl (C=O) groups is 2. The van der Waals surface area contributed by atoms with Crippen molar-refractivity contribution in [3.8, 4) is 5.75 Å². The van der Waals surface area contributed by atoms with E-state index in [2.05, 4.69) is 16.4 Å². The quantitative estimate of drug-likeness (QED) is 0.423. The van der Waals surface area contributed by atoms with Gasteiger partial charge in [-0.3, -0.25) is 9.59 Å². The van der Waals surface area contributed by atoms with Crippen LogP contribution in [0.1, 0.15) is 49.3 Å². The zero-order chi connectivity index (χ0) is 23.9. The summed E-state index contributed by atoms with van der Waals surface area (Å²) in [5.41, 5.74) is 2.89. The molecule has 2 aromatic carbocycles. The van der Waals surface area contributed by atoms with E-state index in [1.807, 2.05) is 48.7 Å². The normalized spacial score (nSPS) is 15.1. The van der Waals surface area contributed by atoms with Crippen molar-refractivity contribution >= 4 is 34.3 Å². The fourth-order valence-corrected chi connectivity index (χ4v) is 4.99. The van der Waals surface area contributed by atoms with E-state index < -0.39 is 6.04 Å². The maximum atomic E-state index is 13.6. The van der Waals surface area contributed by atoms with Gasteiger partial charge >= 0.3 is 0 Å². The number of H-pyrrole nitrogens is 1. The van der Waals surface area contributed by atoms with Crippen molar-refractivity contribution in [2.24, 2.45) is 0 Å². The number of ether oxygens (including phenoxy) is 1. The third-order valence-corrected chi connectivity index (χ3v) is 6.90. The van der Waals surface area contributed by atoms with E-state index in [0.29, 0.717) is 18.7 Å². The van der Waals surface area contributed by atoms with Crippen LogP contribution in [0.25, 0.3) is 10.9 Å². The number of nitrogens with one attached hydrogen (secondary N) is 2. The molecule has 180 valence electrons. The number of hydrogen-bond acceptors (Lipinski definition) is 3. The van der Waals surface area contributed by atoms with E-state index in [-0.39, 0.29) is 23.7 Å². The molecule has 2 amide bonds. The summed E-state index contributed by atoms with van der Waals surface area (Å²) < 4.78 is 5.29. The standard InChI is InChI=1S/C27H32ClN3O3/c1-34-22-13-11-19(12-14-22)26(27(33)30-21-7-3-2-4-8-21)31(25(32)17-28)16-15-20-18-29-24-10-6-5-9-23(20)24/h5-6,9-14,18,21,26,29H,2-4,7-8,15-17H2,1H3,(H,30,33)/t26-/m1/s1. The predicted molar refractivity (Wildman–Crippen MR) is 135 cm³/mol. The molecular formula is C27H32ClN3O3. The van der Waals surface area contributed by atoms with Gasteiger partial charge in [0.1, 0.15) is 17.7 Å². The van der Waals surface area contributed by atoms with E-state index in [4.69, 9.17) is 16.3 Å². The number of para-hydroxylation sites is 1. The molecule has 0 spiro atoms. The highest BCUT2D eigenvalue weighted by Crippen LogP contribution is 2.27. The molecule has 0 bridgehead atoms. The fourth-order valence-electron chi connectivity index (χ4n) is 4.84. The molecule has 6 nitrogen and oxygen atoms in total. The van der Waals surface area contributed by atoms with Crippen LogP contribution in [0.2, 0.25) is 0 Å². The van der Waals surface area contributed by atoms with Crippen LogP contribution in [0.4, 0.5) is 0 Å². The Morgan fingerprint density at radius 3 is 2.56 bits per heavy atom. The predicted octanol–water partition coefficient (Wildman–Crippen LogP) is 4.98. The van der Waals surface area contributed by atoms with Gasteiger partial charge in [0.15, 0.2) is 0 Å². The minimum absolute atomic E-state index is 0.142. The molecule has 0 aliphatic heterocycles. The maximum absolute atomic E-state index is 13.6. The molecule has 1 aliphatic carbocycles. The summed E-state index contributed by atoms with van der Waals surface area (Å²) in [6.45, 7) is 0.377. The molecule has 2 N–H and O–H groups in total. The highest BCUT2D eigenvalue weighted by Gasteiger charge is 2.32. The average Bonchev–Trinajstić information content (AvgIpc) is 3.30. The number of nitrogens with zero attached hydrogens (tertiary/aromatic N) is 1. The number of halogens is 1. The van der Waals surface area contributed by atoms with Crippen molar-refractivity contribution in [3.05, 3.63) is 65.9 Å². The average molecular weight is 482 g/mol. The van der Waals surface area contributed by atoms with Crippen LogP contribution < -0.4 is 10.1 Å². The van der Waals surface area contributed by atoms with Crippen molar-refractivity contribution in [2.75, 3.05) is 19.5 Å². The van der Waals surface area contributed by atoms with Gasteiger partial charge in [0, 0.05) is 29.7 Å². The number of fused-ring (bicyclic) bond motifs is 1. The van der Waals surface area contributed by atoms with E-state index >= 15 is 0 Å². The van der Waals surface area contributed by atoms with Crippen LogP contribution in [0.3, 0.4) is 0 Å². The largest absolute Gasteiger partial charge is 0.497 e. The number of amides is 2. The van der Waals surface area contributed by atoms with Crippen molar-refractivity contribution < 1.29 is 14.3 Å². The third-order valence-electron chi connectivity index (χ3n) is 6.67. The zero-order valence-corrected chi connectivity index (χ0v) is 20.3. The first kappa shape index (κ1) is 24.1. The van der Waals surface area contributed by atoms with Crippen molar-refractivity contribution in [1.82, 2.24) is 15.2 Å². The first-order chi connectivity index (χ1) is 16.6. The smallest absolute Gasteiger partial charge is 0.247 e. The first-order valence-corrected chi connectivity index (χ1v) is 12.5. The molecular weight excluding hydrogens is 450 g/mol. The zero-order valence-electron chi connectivity index (χ0n) is 19.6. The fraction of sp³-hybridized carbons (Fsp3) is 0.407. The Balaban J connectivity index is 1.62. The first-order valence-electron chi connectivity index (χ1n) is 12.0. The highest BCUT2D eigenvalue weighted by atomic mass is 35.5.